The topological polar surface area (TPSA) is 116 Å². The van der Waals surface area contributed by atoms with Crippen molar-refractivity contribution < 1.29 is 41.7 Å². The van der Waals surface area contributed by atoms with Crippen molar-refractivity contribution in [2.45, 2.75) is 62.1 Å². The zero-order chi connectivity index (χ0) is 30.7. The Bertz CT molecular complexity index is 1590. The number of hydrogen-bond donors (Lipinski definition) is 3. The van der Waals surface area contributed by atoms with Gasteiger partial charge in [0.15, 0.2) is 22.8 Å². The fraction of sp³-hybridized carbons (Fsp3) is 0.400. The number of amides is 1. The van der Waals surface area contributed by atoms with Crippen LogP contribution in [-0.2, 0) is 11.1 Å². The smallest absolute Gasteiger partial charge is 0.414 e. The quantitative estimate of drug-likeness (QED) is 0.275. The van der Waals surface area contributed by atoms with Crippen LogP contribution in [0.5, 0.6) is 17.2 Å². The lowest BCUT2D eigenvalue weighted by atomic mass is 9.88. The van der Waals surface area contributed by atoms with Crippen LogP contribution < -0.4 is 25.3 Å². The van der Waals surface area contributed by atoms with Crippen molar-refractivity contribution in [3.8, 4) is 28.5 Å². The summed E-state index contributed by atoms with van der Waals surface area (Å²) in [5, 5.41) is 13.7. The van der Waals surface area contributed by atoms with E-state index in [-0.39, 0.29) is 45.5 Å². The summed E-state index contributed by atoms with van der Waals surface area (Å²) in [6.07, 6.45) is -1.00. The van der Waals surface area contributed by atoms with Gasteiger partial charge in [0.1, 0.15) is 23.7 Å². The number of rotatable bonds is 9. The Morgan fingerprint density at radius 1 is 1.12 bits per heavy atom. The summed E-state index contributed by atoms with van der Waals surface area (Å²) < 4.78 is 73.5. The molecule has 43 heavy (non-hydrogen) atoms. The van der Waals surface area contributed by atoms with E-state index in [1.54, 1.807) is 18.2 Å². The standard InChI is InChI=1S/C30H28ClF4N3O5/c1-28(40,13-37-27(39)16-3-9-22(42-17-4-5-17)23(11-16)43-18-6-7-18)24-12-19-26(41-14-29(19,36)30(33,34)35)25(38-24)15-2-8-21(32)20(31)10-15/h2-3,8-12,17-18,40H,4-7,13-14,36H2,1H3,(H,37,39). The highest BCUT2D eigenvalue weighted by atomic mass is 35.5. The van der Waals surface area contributed by atoms with Gasteiger partial charge in [-0.25, -0.2) is 9.37 Å². The van der Waals surface area contributed by atoms with Crippen LogP contribution in [0.25, 0.3) is 11.3 Å². The maximum atomic E-state index is 14.1. The van der Waals surface area contributed by atoms with Crippen LogP contribution in [0.3, 0.4) is 0 Å². The molecule has 13 heteroatoms. The van der Waals surface area contributed by atoms with E-state index in [1.165, 1.54) is 19.1 Å². The number of hydrogen-bond acceptors (Lipinski definition) is 7. The molecular weight excluding hydrogens is 594 g/mol. The number of aromatic nitrogens is 1. The molecule has 3 aliphatic rings. The molecule has 2 fully saturated rings. The summed E-state index contributed by atoms with van der Waals surface area (Å²) >= 11 is 5.93. The highest BCUT2D eigenvalue weighted by molar-refractivity contribution is 6.31. The van der Waals surface area contributed by atoms with Gasteiger partial charge in [-0.3, -0.25) is 4.79 Å². The number of carbonyl (C=O) groups is 1. The molecule has 8 nitrogen and oxygen atoms in total. The first-order chi connectivity index (χ1) is 20.2. The van der Waals surface area contributed by atoms with Crippen molar-refractivity contribution in [3.05, 3.63) is 70.1 Å². The van der Waals surface area contributed by atoms with E-state index in [1.807, 2.05) is 0 Å². The lowest BCUT2D eigenvalue weighted by molar-refractivity contribution is -0.191. The maximum Gasteiger partial charge on any atom is 0.414 e. The van der Waals surface area contributed by atoms with Gasteiger partial charge in [0, 0.05) is 16.7 Å². The normalized spacial score (nSPS) is 21.0. The molecule has 2 heterocycles. The van der Waals surface area contributed by atoms with Crippen LogP contribution in [0, 0.1) is 5.82 Å². The van der Waals surface area contributed by atoms with Gasteiger partial charge in [-0.2, -0.15) is 13.2 Å². The van der Waals surface area contributed by atoms with Gasteiger partial charge in [0.25, 0.3) is 5.91 Å². The predicted octanol–water partition coefficient (Wildman–Crippen LogP) is 5.37. The fourth-order valence-corrected chi connectivity index (χ4v) is 4.82. The van der Waals surface area contributed by atoms with Crippen molar-refractivity contribution in [3.63, 3.8) is 0 Å². The second-order valence-electron chi connectivity index (χ2n) is 11.4. The minimum atomic E-state index is -4.91. The molecule has 0 bridgehead atoms. The van der Waals surface area contributed by atoms with E-state index in [4.69, 9.17) is 31.5 Å². The molecule has 3 aromatic rings. The van der Waals surface area contributed by atoms with E-state index in [0.717, 1.165) is 37.8 Å². The van der Waals surface area contributed by atoms with E-state index >= 15 is 0 Å². The van der Waals surface area contributed by atoms with Crippen LogP contribution in [-0.4, -0.2) is 47.5 Å². The second-order valence-corrected chi connectivity index (χ2v) is 11.8. The SMILES string of the molecule is CC(O)(CNC(=O)c1ccc(OC2CC2)c(OC2CC2)c1)c1cc2c(c(-c3ccc(F)c(Cl)c3)n1)OCC2(N)C(F)(F)F. The van der Waals surface area contributed by atoms with Gasteiger partial charge in [-0.1, -0.05) is 11.6 Å². The predicted molar refractivity (Wildman–Crippen MR) is 148 cm³/mol. The third-order valence-electron chi connectivity index (χ3n) is 7.58. The number of alkyl halides is 3. The van der Waals surface area contributed by atoms with Crippen molar-refractivity contribution in [1.82, 2.24) is 10.3 Å². The van der Waals surface area contributed by atoms with Crippen LogP contribution in [0.15, 0.2) is 42.5 Å². The first kappa shape index (κ1) is 29.5. The van der Waals surface area contributed by atoms with Crippen molar-refractivity contribution in [2.24, 2.45) is 5.73 Å². The highest BCUT2D eigenvalue weighted by Gasteiger charge is 2.59. The molecule has 2 aliphatic carbocycles. The zero-order valence-electron chi connectivity index (χ0n) is 22.9. The molecule has 0 spiro atoms. The molecule has 4 N–H and O–H groups in total. The fourth-order valence-electron chi connectivity index (χ4n) is 4.64. The Labute approximate surface area is 249 Å². The van der Waals surface area contributed by atoms with Crippen LogP contribution in [0.2, 0.25) is 5.02 Å². The number of nitrogens with two attached hydrogens (primary N) is 1. The lowest BCUT2D eigenvalue weighted by Gasteiger charge is -2.28. The van der Waals surface area contributed by atoms with Gasteiger partial charge in [0.05, 0.1) is 29.5 Å². The van der Waals surface area contributed by atoms with E-state index < -0.39 is 47.8 Å². The Morgan fingerprint density at radius 3 is 2.42 bits per heavy atom. The zero-order valence-corrected chi connectivity index (χ0v) is 23.7. The molecular formula is C30H28ClF4N3O5. The molecule has 1 aliphatic heterocycles. The monoisotopic (exact) mass is 621 g/mol. The Kier molecular flexibility index (Phi) is 7.22. The average molecular weight is 622 g/mol. The van der Waals surface area contributed by atoms with Crippen molar-refractivity contribution in [2.75, 3.05) is 13.2 Å². The second kappa shape index (κ2) is 10.5. The summed E-state index contributed by atoms with van der Waals surface area (Å²) in [5.74, 6) is -0.565. The number of pyridine rings is 1. The van der Waals surface area contributed by atoms with E-state index in [0.29, 0.717) is 11.5 Å². The van der Waals surface area contributed by atoms with Gasteiger partial charge in [-0.15, -0.1) is 0 Å². The molecule has 0 radical (unpaired) electrons. The number of halogens is 5. The largest absolute Gasteiger partial charge is 0.488 e. The lowest BCUT2D eigenvalue weighted by Crippen LogP contribution is -2.52. The van der Waals surface area contributed by atoms with E-state index in [2.05, 4.69) is 10.3 Å². The van der Waals surface area contributed by atoms with E-state index in [9.17, 15) is 27.5 Å². The van der Waals surface area contributed by atoms with Gasteiger partial charge < -0.3 is 30.4 Å². The third-order valence-corrected chi connectivity index (χ3v) is 7.87. The minimum Gasteiger partial charge on any atom is -0.488 e. The number of carbonyl (C=O) groups excluding carboxylic acids is 1. The highest BCUT2D eigenvalue weighted by Crippen LogP contribution is 2.50. The number of fused-ring (bicyclic) bond motifs is 1. The molecule has 1 amide bonds. The molecule has 228 valence electrons. The summed E-state index contributed by atoms with van der Waals surface area (Å²) in [4.78, 5) is 17.5. The maximum absolute atomic E-state index is 14.1. The van der Waals surface area contributed by atoms with Crippen LogP contribution in [0.4, 0.5) is 17.6 Å². The Morgan fingerprint density at radius 2 is 1.79 bits per heavy atom. The molecule has 0 saturated heterocycles. The van der Waals surface area contributed by atoms with Gasteiger partial charge >= 0.3 is 6.18 Å². The van der Waals surface area contributed by atoms with Crippen molar-refractivity contribution in [1.29, 1.82) is 0 Å². The van der Waals surface area contributed by atoms with Crippen LogP contribution in [0.1, 0.15) is 54.2 Å². The molecule has 2 atom stereocenters. The minimum absolute atomic E-state index is 0.0620. The average Bonchev–Trinajstić information content (AvgIpc) is 3.89. The summed E-state index contributed by atoms with van der Waals surface area (Å²) in [5.41, 5.74) is 0.530. The first-order valence-corrected chi connectivity index (χ1v) is 14.1. The molecule has 2 saturated carbocycles. The molecule has 2 unspecified atom stereocenters. The Balaban J connectivity index is 1.30. The molecule has 6 rings (SSSR count). The number of nitrogens with zero attached hydrogens (tertiary/aromatic N) is 1. The number of aliphatic hydroxyl groups is 1. The van der Waals surface area contributed by atoms with Crippen molar-refractivity contribution >= 4 is 17.5 Å². The molecule has 1 aromatic heterocycles. The summed E-state index contributed by atoms with van der Waals surface area (Å²) in [7, 11) is 0. The van der Waals surface area contributed by atoms with Crippen LogP contribution >= 0.6 is 11.6 Å². The Hall–Kier alpha value is -3.61. The number of nitrogens with one attached hydrogen (secondary N) is 1. The van der Waals surface area contributed by atoms with Gasteiger partial charge in [0.2, 0.25) is 0 Å². The third kappa shape index (κ3) is 5.83. The number of ether oxygens (including phenoxy) is 3. The molecule has 2 aromatic carbocycles. The first-order valence-electron chi connectivity index (χ1n) is 13.7. The number of benzene rings is 2. The summed E-state index contributed by atoms with van der Waals surface area (Å²) in [6, 6.07) is 9.29. The van der Waals surface area contributed by atoms with Gasteiger partial charge in [-0.05, 0) is 75.1 Å². The summed E-state index contributed by atoms with van der Waals surface area (Å²) in [6.45, 7) is -0.0620.